The molecular formula is C29H25ClFN5O3. The molecule has 2 heterocycles. The molecule has 0 saturated carbocycles. The number of anilines is 1. The summed E-state index contributed by atoms with van der Waals surface area (Å²) in [4.78, 5) is 29.4. The molecule has 10 heteroatoms. The van der Waals surface area contributed by atoms with Crippen LogP contribution >= 0.6 is 11.6 Å². The summed E-state index contributed by atoms with van der Waals surface area (Å²) in [5.41, 5.74) is 1.54. The Morgan fingerprint density at radius 2 is 1.62 bits per heavy atom. The van der Waals surface area contributed by atoms with Gasteiger partial charge < -0.3 is 15.0 Å². The lowest BCUT2D eigenvalue weighted by Crippen LogP contribution is -2.44. The van der Waals surface area contributed by atoms with Crippen LogP contribution in [0.25, 0.3) is 6.08 Å². The average Bonchev–Trinajstić information content (AvgIpc) is 3.61. The first-order valence-electron chi connectivity index (χ1n) is 12.3. The van der Waals surface area contributed by atoms with E-state index in [1.54, 1.807) is 29.2 Å². The Labute approximate surface area is 229 Å². The minimum absolute atomic E-state index is 0.0163. The van der Waals surface area contributed by atoms with Crippen LogP contribution in [0.2, 0.25) is 5.02 Å². The van der Waals surface area contributed by atoms with Crippen LogP contribution in [0.3, 0.4) is 0 Å². The molecule has 3 aromatic carbocycles. The van der Waals surface area contributed by atoms with E-state index in [1.165, 1.54) is 41.5 Å². The van der Waals surface area contributed by atoms with Gasteiger partial charge in [0.2, 0.25) is 11.8 Å². The van der Waals surface area contributed by atoms with E-state index in [0.717, 1.165) is 5.56 Å². The van der Waals surface area contributed by atoms with Crippen molar-refractivity contribution in [1.82, 2.24) is 19.9 Å². The number of hydrogen-bond donors (Lipinski definition) is 1. The molecule has 2 unspecified atom stereocenters. The number of carbonyl (C=O) groups excluding carboxylic acids is 2. The summed E-state index contributed by atoms with van der Waals surface area (Å²) in [6, 6.07) is 19.3. The van der Waals surface area contributed by atoms with Gasteiger partial charge in [-0.3, -0.25) is 9.59 Å². The SMILES string of the molecule is O=C(Nc1ccc(Oc2ccc(F)cc2)cc1)C1CC(C=Cc2ccc(Cl)cc2)CN1C(=O)Cn1nccn1. The van der Waals surface area contributed by atoms with Crippen molar-refractivity contribution in [2.75, 3.05) is 11.9 Å². The molecule has 8 nitrogen and oxygen atoms in total. The third kappa shape index (κ3) is 6.88. The van der Waals surface area contributed by atoms with Gasteiger partial charge in [-0.15, -0.1) is 0 Å². The number of rotatable bonds is 8. The van der Waals surface area contributed by atoms with Gasteiger partial charge in [0, 0.05) is 17.3 Å². The fraction of sp³-hybridized carbons (Fsp3) is 0.172. The molecule has 4 aromatic rings. The number of amides is 2. The molecule has 1 fully saturated rings. The normalized spacial score (nSPS) is 16.9. The molecule has 1 aromatic heterocycles. The van der Waals surface area contributed by atoms with Crippen LogP contribution in [0.5, 0.6) is 11.5 Å². The van der Waals surface area contributed by atoms with Crippen molar-refractivity contribution in [2.45, 2.75) is 19.0 Å². The van der Waals surface area contributed by atoms with E-state index in [2.05, 4.69) is 15.5 Å². The van der Waals surface area contributed by atoms with Gasteiger partial charge in [-0.2, -0.15) is 15.0 Å². The van der Waals surface area contributed by atoms with Crippen LogP contribution in [0.4, 0.5) is 10.1 Å². The summed E-state index contributed by atoms with van der Waals surface area (Å²) in [6.45, 7) is 0.340. The maximum Gasteiger partial charge on any atom is 0.247 e. The second-order valence-electron chi connectivity index (χ2n) is 9.10. The zero-order chi connectivity index (χ0) is 27.2. The summed E-state index contributed by atoms with van der Waals surface area (Å²) in [6.07, 6.45) is 7.47. The molecular weight excluding hydrogens is 521 g/mol. The van der Waals surface area contributed by atoms with E-state index >= 15 is 0 Å². The predicted octanol–water partition coefficient (Wildman–Crippen LogP) is 5.43. The van der Waals surface area contributed by atoms with Crippen LogP contribution in [0.1, 0.15) is 12.0 Å². The quantitative estimate of drug-likeness (QED) is 0.319. The highest BCUT2D eigenvalue weighted by Crippen LogP contribution is 2.28. The van der Waals surface area contributed by atoms with Crippen LogP contribution in [0, 0.1) is 11.7 Å². The maximum atomic E-state index is 13.3. The Balaban J connectivity index is 1.27. The summed E-state index contributed by atoms with van der Waals surface area (Å²) < 4.78 is 18.8. The van der Waals surface area contributed by atoms with Crippen molar-refractivity contribution in [2.24, 2.45) is 5.92 Å². The number of aromatic nitrogens is 3. The minimum Gasteiger partial charge on any atom is -0.457 e. The Kier molecular flexibility index (Phi) is 7.98. The van der Waals surface area contributed by atoms with Crippen molar-refractivity contribution < 1.29 is 18.7 Å². The Bertz CT molecular complexity index is 1440. The highest BCUT2D eigenvalue weighted by Gasteiger charge is 2.38. The van der Waals surface area contributed by atoms with Gasteiger partial charge in [0.25, 0.3) is 0 Å². The number of nitrogens with zero attached hydrogens (tertiary/aromatic N) is 4. The molecule has 0 radical (unpaired) electrons. The lowest BCUT2D eigenvalue weighted by Gasteiger charge is -2.23. The Morgan fingerprint density at radius 1 is 0.974 bits per heavy atom. The molecule has 1 saturated heterocycles. The molecule has 39 heavy (non-hydrogen) atoms. The molecule has 5 rings (SSSR count). The Hall–Kier alpha value is -4.50. The van der Waals surface area contributed by atoms with Crippen molar-refractivity contribution in [3.05, 3.63) is 108 Å². The molecule has 2 amide bonds. The molecule has 0 bridgehead atoms. The van der Waals surface area contributed by atoms with Crippen LogP contribution in [-0.4, -0.2) is 44.3 Å². The highest BCUT2D eigenvalue weighted by molar-refractivity contribution is 6.30. The number of likely N-dealkylation sites (tertiary alicyclic amines) is 1. The number of ether oxygens (including phenoxy) is 1. The second-order valence-corrected chi connectivity index (χ2v) is 9.53. The van der Waals surface area contributed by atoms with Gasteiger partial charge in [0.15, 0.2) is 0 Å². The first-order chi connectivity index (χ1) is 18.9. The topological polar surface area (TPSA) is 89.4 Å². The van der Waals surface area contributed by atoms with Gasteiger partial charge in [-0.05, 0) is 78.6 Å². The van der Waals surface area contributed by atoms with E-state index in [9.17, 15) is 14.0 Å². The van der Waals surface area contributed by atoms with E-state index < -0.39 is 6.04 Å². The van der Waals surface area contributed by atoms with Gasteiger partial charge in [0.05, 0.1) is 12.4 Å². The molecule has 1 aliphatic rings. The van der Waals surface area contributed by atoms with E-state index in [4.69, 9.17) is 16.3 Å². The number of carbonyl (C=O) groups is 2. The van der Waals surface area contributed by atoms with Crippen LogP contribution < -0.4 is 10.1 Å². The summed E-state index contributed by atoms with van der Waals surface area (Å²) >= 11 is 5.98. The monoisotopic (exact) mass is 545 g/mol. The Morgan fingerprint density at radius 3 is 2.28 bits per heavy atom. The van der Waals surface area contributed by atoms with E-state index in [1.807, 2.05) is 36.4 Å². The molecule has 198 valence electrons. The van der Waals surface area contributed by atoms with Gasteiger partial charge in [0.1, 0.15) is 29.9 Å². The zero-order valence-electron chi connectivity index (χ0n) is 20.8. The smallest absolute Gasteiger partial charge is 0.247 e. The lowest BCUT2D eigenvalue weighted by molar-refractivity contribution is -0.137. The molecule has 1 N–H and O–H groups in total. The lowest BCUT2D eigenvalue weighted by atomic mass is 10.0. The molecule has 2 atom stereocenters. The average molecular weight is 546 g/mol. The van der Waals surface area contributed by atoms with Crippen LogP contribution in [0.15, 0.2) is 91.3 Å². The molecule has 0 aliphatic carbocycles. The highest BCUT2D eigenvalue weighted by atomic mass is 35.5. The van der Waals surface area contributed by atoms with Crippen molar-refractivity contribution in [3.63, 3.8) is 0 Å². The molecule has 0 spiro atoms. The fourth-order valence-electron chi connectivity index (χ4n) is 4.36. The number of halogens is 2. The first-order valence-corrected chi connectivity index (χ1v) is 12.7. The van der Waals surface area contributed by atoms with Gasteiger partial charge in [-0.1, -0.05) is 35.9 Å². The minimum atomic E-state index is -0.664. The third-order valence-electron chi connectivity index (χ3n) is 6.30. The maximum absolute atomic E-state index is 13.3. The second kappa shape index (κ2) is 11.9. The largest absolute Gasteiger partial charge is 0.457 e. The van der Waals surface area contributed by atoms with Gasteiger partial charge in [-0.25, -0.2) is 4.39 Å². The summed E-state index contributed by atoms with van der Waals surface area (Å²) in [5.74, 6) is 0.151. The standard InChI is InChI=1S/C29H25ClFN5O3/c30-22-5-3-20(4-6-22)1-2-21-17-27(35(18-21)28(37)19-36-32-15-16-33-36)29(38)34-24-9-13-26(14-10-24)39-25-11-7-23(31)8-12-25/h1-16,21,27H,17-19H2,(H,34,38). The third-order valence-corrected chi connectivity index (χ3v) is 6.55. The summed E-state index contributed by atoms with van der Waals surface area (Å²) in [5, 5.41) is 11.6. The van der Waals surface area contributed by atoms with Crippen molar-refractivity contribution in [3.8, 4) is 11.5 Å². The van der Waals surface area contributed by atoms with Gasteiger partial charge >= 0.3 is 0 Å². The number of nitrogens with one attached hydrogen (secondary N) is 1. The molecule has 1 aliphatic heterocycles. The van der Waals surface area contributed by atoms with E-state index in [-0.39, 0.29) is 30.1 Å². The fourth-order valence-corrected chi connectivity index (χ4v) is 4.49. The first kappa shape index (κ1) is 26.1. The number of hydrogen-bond acceptors (Lipinski definition) is 5. The zero-order valence-corrected chi connectivity index (χ0v) is 21.5. The van der Waals surface area contributed by atoms with Crippen molar-refractivity contribution >= 4 is 35.2 Å². The van der Waals surface area contributed by atoms with E-state index in [0.29, 0.717) is 35.2 Å². The summed E-state index contributed by atoms with van der Waals surface area (Å²) in [7, 11) is 0. The van der Waals surface area contributed by atoms with Crippen LogP contribution in [-0.2, 0) is 16.1 Å². The number of benzene rings is 3. The predicted molar refractivity (Wildman–Crippen MR) is 146 cm³/mol. The van der Waals surface area contributed by atoms with Crippen molar-refractivity contribution in [1.29, 1.82) is 0 Å².